The summed E-state index contributed by atoms with van der Waals surface area (Å²) < 4.78 is 32.0. The van der Waals surface area contributed by atoms with Crippen molar-refractivity contribution in [1.29, 1.82) is 0 Å². The molecule has 1 amide bonds. The molecule has 6 nitrogen and oxygen atoms in total. The van der Waals surface area contributed by atoms with Gasteiger partial charge in [-0.25, -0.2) is 17.9 Å². The van der Waals surface area contributed by atoms with E-state index in [1.54, 1.807) is 31.2 Å². The Hall–Kier alpha value is -1.60. The maximum absolute atomic E-state index is 12.2. The average Bonchev–Trinajstić information content (AvgIpc) is 2.47. The number of hydrogen-bond donors (Lipinski definition) is 2. The van der Waals surface area contributed by atoms with Crippen molar-refractivity contribution < 1.29 is 17.9 Å². The summed E-state index contributed by atoms with van der Waals surface area (Å²) in [6, 6.07) is 6.37. The number of carbonyl (C=O) groups is 1. The van der Waals surface area contributed by atoms with Crippen molar-refractivity contribution in [1.82, 2.24) is 10.0 Å². The Labute approximate surface area is 138 Å². The molecule has 0 aliphatic carbocycles. The average molecular weight is 342 g/mol. The lowest BCUT2D eigenvalue weighted by Crippen LogP contribution is -2.36. The molecular formula is C16H26N2O4S. The Morgan fingerprint density at radius 3 is 2.52 bits per heavy atom. The van der Waals surface area contributed by atoms with E-state index in [0.29, 0.717) is 19.6 Å². The van der Waals surface area contributed by atoms with Crippen molar-refractivity contribution >= 4 is 16.1 Å². The van der Waals surface area contributed by atoms with Crippen LogP contribution in [0.2, 0.25) is 0 Å². The van der Waals surface area contributed by atoms with E-state index in [4.69, 9.17) is 4.74 Å². The number of ether oxygens (including phenoxy) is 1. The monoisotopic (exact) mass is 342 g/mol. The van der Waals surface area contributed by atoms with E-state index in [-0.39, 0.29) is 10.9 Å². The van der Waals surface area contributed by atoms with Crippen molar-refractivity contribution in [2.24, 2.45) is 0 Å². The quantitative estimate of drug-likeness (QED) is 0.676. The minimum absolute atomic E-state index is 0.238. The van der Waals surface area contributed by atoms with Crippen molar-refractivity contribution in [3.8, 4) is 0 Å². The summed E-state index contributed by atoms with van der Waals surface area (Å²) in [5.74, 6) is 0. The number of unbranched alkanes of at least 4 members (excludes halogenated alkanes) is 1. The van der Waals surface area contributed by atoms with Crippen LogP contribution in [-0.4, -0.2) is 33.7 Å². The van der Waals surface area contributed by atoms with Crippen LogP contribution in [0.5, 0.6) is 0 Å². The summed E-state index contributed by atoms with van der Waals surface area (Å²) in [7, 11) is -3.54. The van der Waals surface area contributed by atoms with Gasteiger partial charge < -0.3 is 10.1 Å². The fraction of sp³-hybridized carbons (Fsp3) is 0.562. The van der Waals surface area contributed by atoms with Gasteiger partial charge in [0.25, 0.3) is 0 Å². The van der Waals surface area contributed by atoms with Crippen LogP contribution in [-0.2, 0) is 14.8 Å². The number of rotatable bonds is 9. The molecule has 0 aliphatic rings. The molecule has 0 radical (unpaired) electrons. The largest absolute Gasteiger partial charge is 0.450 e. The first-order valence-electron chi connectivity index (χ1n) is 7.84. The molecule has 0 bridgehead atoms. The second kappa shape index (κ2) is 9.52. The number of nitrogens with one attached hydrogen (secondary N) is 2. The third-order valence-corrected chi connectivity index (χ3v) is 4.87. The van der Waals surface area contributed by atoms with Crippen LogP contribution in [0.4, 0.5) is 4.79 Å². The van der Waals surface area contributed by atoms with E-state index >= 15 is 0 Å². The lowest BCUT2D eigenvalue weighted by atomic mass is 10.2. The molecule has 0 heterocycles. The predicted octanol–water partition coefficient (Wildman–Crippen LogP) is 2.58. The zero-order valence-corrected chi connectivity index (χ0v) is 14.8. The highest BCUT2D eigenvalue weighted by atomic mass is 32.2. The fourth-order valence-electron chi connectivity index (χ4n) is 1.86. The maximum atomic E-state index is 12.2. The molecule has 0 spiro atoms. The van der Waals surface area contributed by atoms with Crippen LogP contribution in [0.1, 0.15) is 38.7 Å². The van der Waals surface area contributed by atoms with E-state index in [1.165, 1.54) is 0 Å². The molecule has 1 aromatic rings. The number of hydrogen-bond acceptors (Lipinski definition) is 4. The number of alkyl carbamates (subject to hydrolysis) is 1. The summed E-state index contributed by atoms with van der Waals surface area (Å²) in [6.45, 7) is 6.43. The molecule has 0 saturated heterocycles. The SMILES string of the molecule is CCCCOC(=O)NCCC(C)NS(=O)(=O)c1ccc(C)cc1. The molecule has 0 aromatic heterocycles. The summed E-state index contributed by atoms with van der Waals surface area (Å²) in [6.07, 6.45) is 1.81. The van der Waals surface area contributed by atoms with Gasteiger partial charge >= 0.3 is 6.09 Å². The molecule has 0 saturated carbocycles. The minimum atomic E-state index is -3.54. The van der Waals surface area contributed by atoms with Crippen molar-refractivity contribution in [3.63, 3.8) is 0 Å². The first-order chi connectivity index (χ1) is 10.8. The van der Waals surface area contributed by atoms with E-state index in [1.807, 2.05) is 13.8 Å². The Bertz CT molecular complexity index is 585. The van der Waals surface area contributed by atoms with E-state index in [9.17, 15) is 13.2 Å². The van der Waals surface area contributed by atoms with Crippen molar-refractivity contribution in [3.05, 3.63) is 29.8 Å². The van der Waals surface area contributed by atoms with Gasteiger partial charge in [0.05, 0.1) is 11.5 Å². The molecule has 7 heteroatoms. The van der Waals surface area contributed by atoms with E-state index < -0.39 is 16.1 Å². The molecule has 1 atom stereocenters. The summed E-state index contributed by atoms with van der Waals surface area (Å²) >= 11 is 0. The Kier molecular flexibility index (Phi) is 8.05. The van der Waals surface area contributed by atoms with Gasteiger partial charge in [-0.2, -0.15) is 0 Å². The first-order valence-corrected chi connectivity index (χ1v) is 9.33. The first kappa shape index (κ1) is 19.4. The topological polar surface area (TPSA) is 84.5 Å². The Balaban J connectivity index is 2.36. The Morgan fingerprint density at radius 2 is 1.91 bits per heavy atom. The highest BCUT2D eigenvalue weighted by Gasteiger charge is 2.17. The lowest BCUT2D eigenvalue weighted by Gasteiger charge is -2.15. The van der Waals surface area contributed by atoms with Crippen LogP contribution >= 0.6 is 0 Å². The van der Waals surface area contributed by atoms with Crippen LogP contribution < -0.4 is 10.0 Å². The van der Waals surface area contributed by atoms with Gasteiger partial charge in [-0.05, 0) is 38.8 Å². The molecule has 23 heavy (non-hydrogen) atoms. The molecule has 1 unspecified atom stereocenters. The normalized spacial score (nSPS) is 12.7. The molecule has 0 fully saturated rings. The smallest absolute Gasteiger partial charge is 0.407 e. The summed E-state index contributed by atoms with van der Waals surface area (Å²) in [5.41, 5.74) is 1.00. The lowest BCUT2D eigenvalue weighted by molar-refractivity contribution is 0.144. The highest BCUT2D eigenvalue weighted by molar-refractivity contribution is 7.89. The number of aryl methyl sites for hydroxylation is 1. The van der Waals surface area contributed by atoms with Gasteiger partial charge in [-0.1, -0.05) is 31.0 Å². The summed E-state index contributed by atoms with van der Waals surface area (Å²) in [4.78, 5) is 11.6. The van der Waals surface area contributed by atoms with Crippen LogP contribution in [0, 0.1) is 6.92 Å². The van der Waals surface area contributed by atoms with Crippen molar-refractivity contribution in [2.45, 2.75) is 51.0 Å². The third kappa shape index (κ3) is 7.47. The summed E-state index contributed by atoms with van der Waals surface area (Å²) in [5, 5.41) is 2.61. The molecule has 0 aliphatic heterocycles. The van der Waals surface area contributed by atoms with Gasteiger partial charge in [0.15, 0.2) is 0 Å². The number of carbonyl (C=O) groups excluding carboxylic acids is 1. The zero-order valence-electron chi connectivity index (χ0n) is 14.0. The van der Waals surface area contributed by atoms with Crippen LogP contribution in [0.3, 0.4) is 0 Å². The number of amides is 1. The van der Waals surface area contributed by atoms with Gasteiger partial charge in [0.2, 0.25) is 10.0 Å². The van der Waals surface area contributed by atoms with E-state index in [2.05, 4.69) is 10.0 Å². The highest BCUT2D eigenvalue weighted by Crippen LogP contribution is 2.10. The second-order valence-corrected chi connectivity index (χ2v) is 7.25. The number of benzene rings is 1. The molecule has 1 rings (SSSR count). The minimum Gasteiger partial charge on any atom is -0.450 e. The predicted molar refractivity (Wildman–Crippen MR) is 89.8 cm³/mol. The zero-order chi connectivity index (χ0) is 17.3. The van der Waals surface area contributed by atoms with Crippen LogP contribution in [0.15, 0.2) is 29.2 Å². The third-order valence-electron chi connectivity index (χ3n) is 3.27. The van der Waals surface area contributed by atoms with Gasteiger partial charge in [0.1, 0.15) is 0 Å². The number of sulfonamides is 1. The molecule has 2 N–H and O–H groups in total. The molecule has 130 valence electrons. The van der Waals surface area contributed by atoms with Gasteiger partial charge in [-0.15, -0.1) is 0 Å². The van der Waals surface area contributed by atoms with Crippen LogP contribution in [0.25, 0.3) is 0 Å². The van der Waals surface area contributed by atoms with Crippen molar-refractivity contribution in [2.75, 3.05) is 13.2 Å². The standard InChI is InChI=1S/C16H26N2O4S/c1-4-5-12-22-16(19)17-11-10-14(3)18-23(20,21)15-8-6-13(2)7-9-15/h6-9,14,18H,4-5,10-12H2,1-3H3,(H,17,19). The fourth-order valence-corrected chi connectivity index (χ4v) is 3.14. The van der Waals surface area contributed by atoms with Gasteiger partial charge in [-0.3, -0.25) is 0 Å². The molecular weight excluding hydrogens is 316 g/mol. The molecule has 1 aromatic carbocycles. The van der Waals surface area contributed by atoms with Gasteiger partial charge in [0, 0.05) is 12.6 Å². The second-order valence-electron chi connectivity index (χ2n) is 5.54. The Morgan fingerprint density at radius 1 is 1.26 bits per heavy atom. The maximum Gasteiger partial charge on any atom is 0.407 e. The van der Waals surface area contributed by atoms with E-state index in [0.717, 1.165) is 18.4 Å².